The average molecular weight is 155 g/mol. The van der Waals surface area contributed by atoms with Gasteiger partial charge in [0, 0.05) is 6.61 Å². The molecule has 0 bridgehead atoms. The van der Waals surface area contributed by atoms with Gasteiger partial charge in [-0.3, -0.25) is 4.79 Å². The molecule has 1 N–H and O–H groups in total. The summed E-state index contributed by atoms with van der Waals surface area (Å²) >= 11 is 0. The largest absolute Gasteiger partial charge is 0.359 e. The highest BCUT2D eigenvalue weighted by molar-refractivity contribution is 5.86. The number of hydrogen-bond donors (Lipinski definition) is 1. The van der Waals surface area contributed by atoms with Crippen LogP contribution in [-0.4, -0.2) is 18.7 Å². The Morgan fingerprint density at radius 3 is 3.00 bits per heavy atom. The third-order valence-electron chi connectivity index (χ3n) is 1.67. The van der Waals surface area contributed by atoms with E-state index >= 15 is 0 Å². The van der Waals surface area contributed by atoms with Crippen molar-refractivity contribution in [3.05, 3.63) is 12.7 Å². The van der Waals surface area contributed by atoms with E-state index in [4.69, 9.17) is 4.74 Å². The van der Waals surface area contributed by atoms with Crippen molar-refractivity contribution in [1.29, 1.82) is 0 Å². The Labute approximate surface area is 66.4 Å². The first-order chi connectivity index (χ1) is 5.33. The van der Waals surface area contributed by atoms with E-state index in [9.17, 15) is 4.79 Å². The van der Waals surface area contributed by atoms with Crippen molar-refractivity contribution in [3.63, 3.8) is 0 Å². The molecule has 1 atom stereocenters. The summed E-state index contributed by atoms with van der Waals surface area (Å²) in [4.78, 5) is 10.8. The predicted molar refractivity (Wildman–Crippen MR) is 41.9 cm³/mol. The molecule has 62 valence electrons. The van der Waals surface area contributed by atoms with Crippen LogP contribution in [0.1, 0.15) is 19.3 Å². The molecule has 1 unspecified atom stereocenters. The lowest BCUT2D eigenvalue weighted by molar-refractivity contribution is -0.122. The Morgan fingerprint density at radius 2 is 2.45 bits per heavy atom. The first-order valence-electron chi connectivity index (χ1n) is 3.87. The summed E-state index contributed by atoms with van der Waals surface area (Å²) in [6.45, 7) is 4.11. The van der Waals surface area contributed by atoms with Crippen molar-refractivity contribution in [1.82, 2.24) is 5.32 Å². The highest BCUT2D eigenvalue weighted by Crippen LogP contribution is 2.09. The van der Waals surface area contributed by atoms with Gasteiger partial charge < -0.3 is 10.1 Å². The molecule has 3 heteroatoms. The standard InChI is InChI=1S/C8H13NO2/c1-2-7(10)9-8-5-3-4-6-11-8/h2,8H,1,3-6H2,(H,9,10). The number of hydrogen-bond acceptors (Lipinski definition) is 2. The molecule has 0 radical (unpaired) electrons. The highest BCUT2D eigenvalue weighted by atomic mass is 16.5. The van der Waals surface area contributed by atoms with Crippen molar-refractivity contribution in [2.45, 2.75) is 25.5 Å². The molecule has 1 fully saturated rings. The number of ether oxygens (including phenoxy) is 1. The predicted octanol–water partition coefficient (Wildman–Crippen LogP) is 0.815. The maximum absolute atomic E-state index is 10.8. The van der Waals surface area contributed by atoms with Crippen molar-refractivity contribution in [3.8, 4) is 0 Å². The van der Waals surface area contributed by atoms with Gasteiger partial charge in [0.05, 0.1) is 0 Å². The quantitative estimate of drug-likeness (QED) is 0.599. The molecule has 1 aliphatic rings. The van der Waals surface area contributed by atoms with Crippen LogP contribution in [0.4, 0.5) is 0 Å². The van der Waals surface area contributed by atoms with Gasteiger partial charge in [-0.05, 0) is 25.3 Å². The second kappa shape index (κ2) is 4.13. The van der Waals surface area contributed by atoms with Crippen LogP contribution in [0.25, 0.3) is 0 Å². The van der Waals surface area contributed by atoms with E-state index in [-0.39, 0.29) is 12.1 Å². The summed E-state index contributed by atoms with van der Waals surface area (Å²) in [5, 5.41) is 2.69. The monoisotopic (exact) mass is 155 g/mol. The summed E-state index contributed by atoms with van der Waals surface area (Å²) < 4.78 is 5.27. The first-order valence-corrected chi connectivity index (χ1v) is 3.87. The van der Waals surface area contributed by atoms with Crippen LogP contribution in [0.5, 0.6) is 0 Å². The van der Waals surface area contributed by atoms with Crippen molar-refractivity contribution >= 4 is 5.91 Å². The van der Waals surface area contributed by atoms with Gasteiger partial charge in [-0.15, -0.1) is 0 Å². The molecule has 0 aromatic rings. The fraction of sp³-hybridized carbons (Fsp3) is 0.625. The van der Waals surface area contributed by atoms with Crippen LogP contribution >= 0.6 is 0 Å². The Kier molecular flexibility index (Phi) is 3.11. The van der Waals surface area contributed by atoms with Crippen LogP contribution in [0.2, 0.25) is 0 Å². The summed E-state index contributed by atoms with van der Waals surface area (Å²) in [6, 6.07) is 0. The van der Waals surface area contributed by atoms with E-state index in [1.807, 2.05) is 0 Å². The minimum Gasteiger partial charge on any atom is -0.359 e. The fourth-order valence-corrected chi connectivity index (χ4v) is 1.07. The van der Waals surface area contributed by atoms with E-state index in [0.29, 0.717) is 0 Å². The van der Waals surface area contributed by atoms with Crippen LogP contribution in [0, 0.1) is 0 Å². The van der Waals surface area contributed by atoms with Gasteiger partial charge in [0.1, 0.15) is 6.23 Å². The minimum absolute atomic E-state index is 0.0887. The summed E-state index contributed by atoms with van der Waals surface area (Å²) in [5.74, 6) is -0.156. The second-order valence-corrected chi connectivity index (χ2v) is 2.57. The molecule has 1 aliphatic heterocycles. The van der Waals surface area contributed by atoms with Gasteiger partial charge in [-0.1, -0.05) is 6.58 Å². The Bertz CT molecular complexity index is 150. The lowest BCUT2D eigenvalue weighted by atomic mass is 10.2. The molecule has 1 rings (SSSR count). The van der Waals surface area contributed by atoms with E-state index in [0.717, 1.165) is 25.9 Å². The van der Waals surface area contributed by atoms with E-state index in [2.05, 4.69) is 11.9 Å². The molecule has 11 heavy (non-hydrogen) atoms. The Balaban J connectivity index is 2.24. The highest BCUT2D eigenvalue weighted by Gasteiger charge is 2.13. The Hall–Kier alpha value is -0.830. The molecule has 1 heterocycles. The van der Waals surface area contributed by atoms with Gasteiger partial charge in [0.25, 0.3) is 0 Å². The lowest BCUT2D eigenvalue weighted by Crippen LogP contribution is -2.37. The van der Waals surface area contributed by atoms with Crippen LogP contribution in [0.15, 0.2) is 12.7 Å². The van der Waals surface area contributed by atoms with Crippen molar-refractivity contribution in [2.75, 3.05) is 6.61 Å². The van der Waals surface area contributed by atoms with E-state index in [1.165, 1.54) is 6.08 Å². The normalized spacial score (nSPS) is 24.2. The maximum Gasteiger partial charge on any atom is 0.245 e. The number of rotatable bonds is 2. The number of amides is 1. The molecule has 1 saturated heterocycles. The number of nitrogens with one attached hydrogen (secondary N) is 1. The zero-order valence-electron chi connectivity index (χ0n) is 6.51. The van der Waals surface area contributed by atoms with Crippen molar-refractivity contribution < 1.29 is 9.53 Å². The van der Waals surface area contributed by atoms with Crippen LogP contribution in [-0.2, 0) is 9.53 Å². The molecule has 0 aliphatic carbocycles. The van der Waals surface area contributed by atoms with Gasteiger partial charge in [0.2, 0.25) is 5.91 Å². The number of carbonyl (C=O) groups excluding carboxylic acids is 1. The minimum atomic E-state index is -0.156. The van der Waals surface area contributed by atoms with Gasteiger partial charge in [-0.25, -0.2) is 0 Å². The number of carbonyl (C=O) groups is 1. The third-order valence-corrected chi connectivity index (χ3v) is 1.67. The van der Waals surface area contributed by atoms with Crippen molar-refractivity contribution in [2.24, 2.45) is 0 Å². The lowest BCUT2D eigenvalue weighted by Gasteiger charge is -2.22. The summed E-state index contributed by atoms with van der Waals surface area (Å²) in [6.07, 6.45) is 4.31. The van der Waals surface area contributed by atoms with Gasteiger partial charge in [0.15, 0.2) is 0 Å². The molecule has 0 aromatic carbocycles. The average Bonchev–Trinajstić information content (AvgIpc) is 2.06. The fourth-order valence-electron chi connectivity index (χ4n) is 1.07. The molecule has 0 saturated carbocycles. The zero-order chi connectivity index (χ0) is 8.10. The summed E-state index contributed by atoms with van der Waals surface area (Å²) in [5.41, 5.74) is 0. The molecular formula is C8H13NO2. The zero-order valence-corrected chi connectivity index (χ0v) is 6.51. The SMILES string of the molecule is C=CC(=O)NC1CCCCO1. The first kappa shape index (κ1) is 8.27. The van der Waals surface area contributed by atoms with E-state index < -0.39 is 0 Å². The maximum atomic E-state index is 10.8. The topological polar surface area (TPSA) is 38.3 Å². The molecule has 0 spiro atoms. The molecule has 1 amide bonds. The smallest absolute Gasteiger partial charge is 0.245 e. The van der Waals surface area contributed by atoms with Crippen LogP contribution in [0.3, 0.4) is 0 Å². The molecular weight excluding hydrogens is 142 g/mol. The van der Waals surface area contributed by atoms with Crippen LogP contribution < -0.4 is 5.32 Å². The summed E-state index contributed by atoms with van der Waals surface area (Å²) in [7, 11) is 0. The third kappa shape index (κ3) is 2.72. The Morgan fingerprint density at radius 1 is 1.64 bits per heavy atom. The van der Waals surface area contributed by atoms with E-state index in [1.54, 1.807) is 0 Å². The molecule has 0 aromatic heterocycles. The van der Waals surface area contributed by atoms with Gasteiger partial charge >= 0.3 is 0 Å². The second-order valence-electron chi connectivity index (χ2n) is 2.57. The molecule has 3 nitrogen and oxygen atoms in total. The van der Waals surface area contributed by atoms with Gasteiger partial charge in [-0.2, -0.15) is 0 Å².